The summed E-state index contributed by atoms with van der Waals surface area (Å²) < 4.78 is 29.0. The minimum Gasteiger partial charge on any atom is -0.466 e. The molecule has 1 rings (SSSR count). The van der Waals surface area contributed by atoms with Crippen molar-refractivity contribution in [2.24, 2.45) is 0 Å². The first-order valence-electron chi connectivity index (χ1n) is 5.53. The molecule has 18 heavy (non-hydrogen) atoms. The molecule has 0 bridgehead atoms. The van der Waals surface area contributed by atoms with Gasteiger partial charge in [0, 0.05) is 5.02 Å². The van der Waals surface area contributed by atoms with Gasteiger partial charge in [-0.2, -0.15) is 0 Å². The summed E-state index contributed by atoms with van der Waals surface area (Å²) in [4.78, 5) is 11.4. The van der Waals surface area contributed by atoms with Crippen LogP contribution in [-0.4, -0.2) is 26.2 Å². The molecule has 0 aliphatic heterocycles. The quantitative estimate of drug-likeness (QED) is 0.782. The summed E-state index contributed by atoms with van der Waals surface area (Å²) in [5, 5.41) is -0.357. The Kier molecular flexibility index (Phi) is 5.16. The molecule has 0 spiro atoms. The number of halogens is 1. The molecule has 100 valence electrons. The highest BCUT2D eigenvalue weighted by molar-refractivity contribution is 7.92. The average molecular weight is 291 g/mol. The highest BCUT2D eigenvalue weighted by atomic mass is 35.5. The molecular formula is C12H15ClO4S. The van der Waals surface area contributed by atoms with E-state index in [4.69, 9.17) is 16.3 Å². The summed E-state index contributed by atoms with van der Waals surface area (Å²) in [6.07, 6.45) is -0.154. The molecule has 0 aromatic heterocycles. The summed E-state index contributed by atoms with van der Waals surface area (Å²) >= 11 is 5.70. The third kappa shape index (κ3) is 3.71. The molecule has 0 aliphatic carbocycles. The molecule has 0 amide bonds. The second-order valence-corrected chi connectivity index (χ2v) is 6.62. The van der Waals surface area contributed by atoms with Gasteiger partial charge in [0.2, 0.25) is 0 Å². The lowest BCUT2D eigenvalue weighted by Gasteiger charge is -2.12. The summed E-state index contributed by atoms with van der Waals surface area (Å²) in [6.45, 7) is 3.41. The highest BCUT2D eigenvalue weighted by Crippen LogP contribution is 2.20. The topological polar surface area (TPSA) is 60.4 Å². The standard InChI is InChI=1S/C12H15ClO4S/c1-3-17-12(14)8-9(2)18(15,16)11-6-4-10(13)5-7-11/h4-7,9H,3,8H2,1-2H3. The van der Waals surface area contributed by atoms with Crippen molar-refractivity contribution in [2.75, 3.05) is 6.61 Å². The van der Waals surface area contributed by atoms with E-state index in [2.05, 4.69) is 0 Å². The molecule has 0 fully saturated rings. The van der Waals surface area contributed by atoms with Crippen molar-refractivity contribution < 1.29 is 17.9 Å². The minimum atomic E-state index is -3.53. The molecule has 0 saturated carbocycles. The van der Waals surface area contributed by atoms with Gasteiger partial charge in [-0.3, -0.25) is 4.79 Å². The summed E-state index contributed by atoms with van der Waals surface area (Å²) in [6, 6.07) is 5.87. The molecule has 0 N–H and O–H groups in total. The van der Waals surface area contributed by atoms with E-state index in [1.165, 1.54) is 31.2 Å². The first kappa shape index (κ1) is 15.0. The van der Waals surface area contributed by atoms with Crippen molar-refractivity contribution in [3.05, 3.63) is 29.3 Å². The molecule has 1 atom stereocenters. The lowest BCUT2D eigenvalue weighted by atomic mass is 10.3. The zero-order chi connectivity index (χ0) is 13.8. The first-order valence-corrected chi connectivity index (χ1v) is 7.45. The van der Waals surface area contributed by atoms with Crippen LogP contribution in [0.3, 0.4) is 0 Å². The Balaban J connectivity index is 2.86. The highest BCUT2D eigenvalue weighted by Gasteiger charge is 2.26. The van der Waals surface area contributed by atoms with Crippen LogP contribution in [0.25, 0.3) is 0 Å². The van der Waals surface area contributed by atoms with Crippen LogP contribution in [0.4, 0.5) is 0 Å². The Morgan fingerprint density at radius 2 is 1.89 bits per heavy atom. The van der Waals surface area contributed by atoms with Crippen LogP contribution in [0.15, 0.2) is 29.2 Å². The zero-order valence-electron chi connectivity index (χ0n) is 10.2. The number of benzene rings is 1. The van der Waals surface area contributed by atoms with E-state index in [0.29, 0.717) is 5.02 Å². The van der Waals surface area contributed by atoms with Crippen molar-refractivity contribution in [3.63, 3.8) is 0 Å². The SMILES string of the molecule is CCOC(=O)CC(C)S(=O)(=O)c1ccc(Cl)cc1. The molecule has 0 aliphatic rings. The minimum absolute atomic E-state index is 0.154. The van der Waals surface area contributed by atoms with Crippen molar-refractivity contribution in [3.8, 4) is 0 Å². The third-order valence-electron chi connectivity index (χ3n) is 2.43. The van der Waals surface area contributed by atoms with Crippen LogP contribution in [-0.2, 0) is 19.4 Å². The number of carbonyl (C=O) groups is 1. The monoisotopic (exact) mass is 290 g/mol. The van der Waals surface area contributed by atoms with Crippen molar-refractivity contribution in [1.29, 1.82) is 0 Å². The molecule has 1 aromatic rings. The Morgan fingerprint density at radius 3 is 2.39 bits per heavy atom. The predicted octanol–water partition coefficient (Wildman–Crippen LogP) is 2.46. The van der Waals surface area contributed by atoms with E-state index >= 15 is 0 Å². The Morgan fingerprint density at radius 1 is 1.33 bits per heavy atom. The molecular weight excluding hydrogens is 276 g/mol. The van der Waals surface area contributed by atoms with E-state index in [1.54, 1.807) is 6.92 Å². The Bertz CT molecular complexity index is 507. The fourth-order valence-corrected chi connectivity index (χ4v) is 2.88. The van der Waals surface area contributed by atoms with Crippen molar-refractivity contribution in [2.45, 2.75) is 30.4 Å². The summed E-state index contributed by atoms with van der Waals surface area (Å²) in [5.74, 6) is -0.512. The normalized spacial score (nSPS) is 13.1. The second-order valence-electron chi connectivity index (χ2n) is 3.82. The molecule has 4 nitrogen and oxygen atoms in total. The largest absolute Gasteiger partial charge is 0.466 e. The lowest BCUT2D eigenvalue weighted by molar-refractivity contribution is -0.143. The number of rotatable bonds is 5. The van der Waals surface area contributed by atoms with Crippen LogP contribution in [0.2, 0.25) is 5.02 Å². The third-order valence-corrected chi connectivity index (χ3v) is 4.84. The van der Waals surface area contributed by atoms with E-state index in [9.17, 15) is 13.2 Å². The van der Waals surface area contributed by atoms with Gasteiger partial charge in [0.15, 0.2) is 9.84 Å². The number of esters is 1. The lowest BCUT2D eigenvalue weighted by Crippen LogP contribution is -2.22. The molecule has 0 heterocycles. The average Bonchev–Trinajstić information content (AvgIpc) is 2.29. The number of hydrogen-bond donors (Lipinski definition) is 0. The molecule has 6 heteroatoms. The molecule has 1 unspecified atom stereocenters. The van der Waals surface area contributed by atoms with Crippen molar-refractivity contribution in [1.82, 2.24) is 0 Å². The fourth-order valence-electron chi connectivity index (χ4n) is 1.42. The van der Waals surface area contributed by atoms with Crippen LogP contribution in [0, 0.1) is 0 Å². The van der Waals surface area contributed by atoms with Crippen LogP contribution in [0.5, 0.6) is 0 Å². The van der Waals surface area contributed by atoms with Gasteiger partial charge in [-0.05, 0) is 38.1 Å². The zero-order valence-corrected chi connectivity index (χ0v) is 11.8. The van der Waals surface area contributed by atoms with Crippen LogP contribution in [0.1, 0.15) is 20.3 Å². The molecule has 0 saturated heterocycles. The maximum absolute atomic E-state index is 12.1. The van der Waals surface area contributed by atoms with Gasteiger partial charge in [0.25, 0.3) is 0 Å². The number of hydrogen-bond acceptors (Lipinski definition) is 4. The van der Waals surface area contributed by atoms with Gasteiger partial charge in [-0.25, -0.2) is 8.42 Å². The summed E-state index contributed by atoms with van der Waals surface area (Å²) in [5.41, 5.74) is 0. The fraction of sp³-hybridized carbons (Fsp3) is 0.417. The first-order chi connectivity index (χ1) is 8.37. The Labute approximate surface area is 112 Å². The number of carbonyl (C=O) groups excluding carboxylic acids is 1. The van der Waals surface area contributed by atoms with Crippen LogP contribution >= 0.6 is 11.6 Å². The van der Waals surface area contributed by atoms with Gasteiger partial charge in [-0.15, -0.1) is 0 Å². The summed E-state index contributed by atoms with van der Waals surface area (Å²) in [7, 11) is -3.53. The maximum Gasteiger partial charge on any atom is 0.307 e. The van der Waals surface area contributed by atoms with E-state index in [-0.39, 0.29) is 17.9 Å². The van der Waals surface area contributed by atoms with E-state index < -0.39 is 21.1 Å². The number of ether oxygens (including phenoxy) is 1. The van der Waals surface area contributed by atoms with Gasteiger partial charge in [-0.1, -0.05) is 11.6 Å². The number of sulfone groups is 1. The van der Waals surface area contributed by atoms with Gasteiger partial charge < -0.3 is 4.74 Å². The van der Waals surface area contributed by atoms with Gasteiger partial charge >= 0.3 is 5.97 Å². The van der Waals surface area contributed by atoms with Crippen molar-refractivity contribution >= 4 is 27.4 Å². The van der Waals surface area contributed by atoms with E-state index in [1.807, 2.05) is 0 Å². The maximum atomic E-state index is 12.1. The van der Waals surface area contributed by atoms with E-state index in [0.717, 1.165) is 0 Å². The Hall–Kier alpha value is -1.07. The van der Waals surface area contributed by atoms with Gasteiger partial charge in [0.1, 0.15) is 0 Å². The van der Waals surface area contributed by atoms with Gasteiger partial charge in [0.05, 0.1) is 23.2 Å². The molecule has 0 radical (unpaired) electrons. The molecule has 1 aromatic carbocycles. The smallest absolute Gasteiger partial charge is 0.307 e. The predicted molar refractivity (Wildman–Crippen MR) is 69.3 cm³/mol. The van der Waals surface area contributed by atoms with Crippen LogP contribution < -0.4 is 0 Å². The second kappa shape index (κ2) is 6.20.